The number of rotatable bonds is 4. The van der Waals surface area contributed by atoms with E-state index in [1.807, 2.05) is 6.07 Å². The molecule has 1 aromatic rings. The molecule has 6 heteroatoms. The fourth-order valence-electron chi connectivity index (χ4n) is 2.32. The van der Waals surface area contributed by atoms with Crippen molar-refractivity contribution in [3.8, 4) is 0 Å². The lowest BCUT2D eigenvalue weighted by atomic mass is 10.1. The molecule has 1 heterocycles. The van der Waals surface area contributed by atoms with Gasteiger partial charge in [-0.25, -0.2) is 0 Å². The van der Waals surface area contributed by atoms with E-state index in [9.17, 15) is 9.59 Å². The Morgan fingerprint density at radius 2 is 2.11 bits per heavy atom. The van der Waals surface area contributed by atoms with Crippen molar-refractivity contribution in [2.75, 3.05) is 0 Å². The lowest BCUT2D eigenvalue weighted by Gasteiger charge is -2.04. The van der Waals surface area contributed by atoms with Gasteiger partial charge < -0.3 is 10.4 Å². The maximum absolute atomic E-state index is 11.9. The summed E-state index contributed by atoms with van der Waals surface area (Å²) in [7, 11) is 0. The first-order valence-electron chi connectivity index (χ1n) is 5.58. The predicted octanol–water partition coefficient (Wildman–Crippen LogP) is 2.37. The summed E-state index contributed by atoms with van der Waals surface area (Å²) < 4.78 is 0.675. The number of hydrogen-bond donors (Lipinski definition) is 2. The first kappa shape index (κ1) is 13.4. The lowest BCUT2D eigenvalue weighted by Crippen LogP contribution is -2.26. The van der Waals surface area contributed by atoms with E-state index in [1.165, 1.54) is 11.3 Å². The maximum atomic E-state index is 11.9. The highest BCUT2D eigenvalue weighted by Crippen LogP contribution is 2.58. The summed E-state index contributed by atoms with van der Waals surface area (Å²) >= 11 is 7.19. The molecule has 2 atom stereocenters. The monoisotopic (exact) mass is 287 g/mol. The summed E-state index contributed by atoms with van der Waals surface area (Å²) in [5, 5.41) is 11.8. The molecule has 1 aliphatic rings. The third-order valence-electron chi connectivity index (χ3n) is 3.44. The number of amides is 1. The van der Waals surface area contributed by atoms with Crippen LogP contribution in [0.4, 0.5) is 0 Å². The normalized spacial score (nSPS) is 24.6. The molecule has 0 aromatic carbocycles. The molecule has 2 unspecified atom stereocenters. The van der Waals surface area contributed by atoms with Crippen LogP contribution >= 0.6 is 22.9 Å². The minimum Gasteiger partial charge on any atom is -0.481 e. The highest BCUT2D eigenvalue weighted by molar-refractivity contribution is 7.16. The van der Waals surface area contributed by atoms with E-state index in [0.29, 0.717) is 10.9 Å². The first-order chi connectivity index (χ1) is 8.34. The summed E-state index contributed by atoms with van der Waals surface area (Å²) in [6.07, 6.45) is 0. The van der Waals surface area contributed by atoms with Crippen LogP contribution < -0.4 is 5.32 Å². The fraction of sp³-hybridized carbons (Fsp3) is 0.500. The van der Waals surface area contributed by atoms with E-state index in [1.54, 1.807) is 19.9 Å². The highest BCUT2D eigenvalue weighted by atomic mass is 35.5. The number of carboxylic acids is 1. The van der Waals surface area contributed by atoms with E-state index >= 15 is 0 Å². The quantitative estimate of drug-likeness (QED) is 0.893. The number of halogens is 1. The smallest absolute Gasteiger partial charge is 0.307 e. The number of hydrogen-bond acceptors (Lipinski definition) is 3. The summed E-state index contributed by atoms with van der Waals surface area (Å²) in [6.45, 7) is 4.01. The minimum absolute atomic E-state index is 0.197. The molecular weight excluding hydrogens is 274 g/mol. The van der Waals surface area contributed by atoms with Gasteiger partial charge in [0.2, 0.25) is 5.91 Å². The molecule has 0 saturated heterocycles. The van der Waals surface area contributed by atoms with Crippen LogP contribution in [-0.2, 0) is 16.1 Å². The third kappa shape index (κ3) is 2.37. The second-order valence-electron chi connectivity index (χ2n) is 5.04. The highest BCUT2D eigenvalue weighted by Gasteiger charge is 2.65. The molecule has 4 nitrogen and oxygen atoms in total. The van der Waals surface area contributed by atoms with Crippen LogP contribution in [0, 0.1) is 17.3 Å². The largest absolute Gasteiger partial charge is 0.481 e. The van der Waals surface area contributed by atoms with Gasteiger partial charge in [-0.2, -0.15) is 0 Å². The van der Waals surface area contributed by atoms with Crippen LogP contribution in [0.15, 0.2) is 12.1 Å². The van der Waals surface area contributed by atoms with Crippen LogP contribution in [0.2, 0.25) is 4.34 Å². The fourth-order valence-corrected chi connectivity index (χ4v) is 3.35. The van der Waals surface area contributed by atoms with E-state index in [4.69, 9.17) is 16.7 Å². The van der Waals surface area contributed by atoms with Gasteiger partial charge in [0, 0.05) is 4.88 Å². The molecule has 2 rings (SSSR count). The van der Waals surface area contributed by atoms with Crippen LogP contribution in [0.25, 0.3) is 0 Å². The Labute approximate surface area is 114 Å². The molecule has 18 heavy (non-hydrogen) atoms. The van der Waals surface area contributed by atoms with Crippen LogP contribution in [-0.4, -0.2) is 17.0 Å². The van der Waals surface area contributed by atoms with Crippen LogP contribution in [0.1, 0.15) is 18.7 Å². The zero-order valence-electron chi connectivity index (χ0n) is 10.1. The SMILES string of the molecule is CC1(C)C(C(=O)O)C1C(=O)NCc1ccc(Cl)s1. The number of carbonyl (C=O) groups is 2. The van der Waals surface area contributed by atoms with Crippen molar-refractivity contribution in [3.05, 3.63) is 21.3 Å². The standard InChI is InChI=1S/C12H14ClNO3S/c1-12(2)8(9(12)11(16)17)10(15)14-5-6-3-4-7(13)18-6/h3-4,8-9H,5H2,1-2H3,(H,14,15)(H,16,17). The third-order valence-corrected chi connectivity index (χ3v) is 4.67. The molecule has 1 aliphatic carbocycles. The summed E-state index contributed by atoms with van der Waals surface area (Å²) in [4.78, 5) is 23.8. The van der Waals surface area contributed by atoms with Crippen LogP contribution in [0.3, 0.4) is 0 Å². The second-order valence-corrected chi connectivity index (χ2v) is 6.84. The second kappa shape index (κ2) is 4.55. The zero-order valence-corrected chi connectivity index (χ0v) is 11.6. The Morgan fingerprint density at radius 1 is 1.44 bits per heavy atom. The summed E-state index contributed by atoms with van der Waals surface area (Å²) in [5.41, 5.74) is -0.455. The Balaban J connectivity index is 1.92. The topological polar surface area (TPSA) is 66.4 Å². The van der Waals surface area contributed by atoms with Gasteiger partial charge in [0.15, 0.2) is 0 Å². The van der Waals surface area contributed by atoms with Crippen LogP contribution in [0.5, 0.6) is 0 Å². The van der Waals surface area contributed by atoms with E-state index < -0.39 is 23.2 Å². The van der Waals surface area contributed by atoms with Crippen molar-refractivity contribution in [1.29, 1.82) is 0 Å². The molecule has 0 aliphatic heterocycles. The molecule has 98 valence electrons. The number of thiophene rings is 1. The van der Waals surface area contributed by atoms with Crippen molar-refractivity contribution in [1.82, 2.24) is 5.32 Å². The number of aliphatic carboxylic acids is 1. The molecule has 1 fully saturated rings. The number of nitrogens with one attached hydrogen (secondary N) is 1. The van der Waals surface area contributed by atoms with Gasteiger partial charge in [0.1, 0.15) is 0 Å². The van der Waals surface area contributed by atoms with Gasteiger partial charge in [-0.3, -0.25) is 9.59 Å². The first-order valence-corrected chi connectivity index (χ1v) is 6.78. The Morgan fingerprint density at radius 3 is 2.56 bits per heavy atom. The molecular formula is C12H14ClNO3S. The van der Waals surface area contributed by atoms with Gasteiger partial charge >= 0.3 is 5.97 Å². The average molecular weight is 288 g/mol. The van der Waals surface area contributed by atoms with E-state index in [0.717, 1.165) is 4.88 Å². The lowest BCUT2D eigenvalue weighted by molar-refractivity contribution is -0.140. The maximum Gasteiger partial charge on any atom is 0.307 e. The van der Waals surface area contributed by atoms with Crippen molar-refractivity contribution in [2.24, 2.45) is 17.3 Å². The molecule has 1 aromatic heterocycles. The molecule has 1 saturated carbocycles. The Bertz CT molecular complexity index is 497. The number of carbonyl (C=O) groups excluding carboxylic acids is 1. The van der Waals surface area contributed by atoms with Crippen molar-refractivity contribution in [3.63, 3.8) is 0 Å². The van der Waals surface area contributed by atoms with Gasteiger partial charge in [-0.15, -0.1) is 11.3 Å². The van der Waals surface area contributed by atoms with E-state index in [-0.39, 0.29) is 5.91 Å². The Kier molecular flexibility index (Phi) is 3.38. The zero-order chi connectivity index (χ0) is 13.5. The van der Waals surface area contributed by atoms with Gasteiger partial charge in [0.25, 0.3) is 0 Å². The molecule has 0 radical (unpaired) electrons. The van der Waals surface area contributed by atoms with Crippen molar-refractivity contribution < 1.29 is 14.7 Å². The van der Waals surface area contributed by atoms with Gasteiger partial charge in [-0.05, 0) is 17.5 Å². The van der Waals surface area contributed by atoms with Crippen molar-refractivity contribution >= 4 is 34.8 Å². The van der Waals surface area contributed by atoms with E-state index in [2.05, 4.69) is 5.32 Å². The average Bonchev–Trinajstić information content (AvgIpc) is 2.63. The molecule has 0 spiro atoms. The molecule has 0 bridgehead atoms. The molecule has 1 amide bonds. The molecule has 2 N–H and O–H groups in total. The Hall–Kier alpha value is -1.07. The van der Waals surface area contributed by atoms with Gasteiger partial charge in [-0.1, -0.05) is 25.4 Å². The predicted molar refractivity (Wildman–Crippen MR) is 69.6 cm³/mol. The summed E-state index contributed by atoms with van der Waals surface area (Å²) in [5.74, 6) is -2.12. The summed E-state index contributed by atoms with van der Waals surface area (Å²) in [6, 6.07) is 3.62. The van der Waals surface area contributed by atoms with Crippen molar-refractivity contribution in [2.45, 2.75) is 20.4 Å². The van der Waals surface area contributed by atoms with Gasteiger partial charge in [0.05, 0.1) is 22.7 Å². The number of carboxylic acid groups (broad SMARTS) is 1. The minimum atomic E-state index is -0.903.